The normalized spacial score (nSPS) is 10.7. The van der Waals surface area contributed by atoms with Gasteiger partial charge in [0, 0.05) is 19.7 Å². The van der Waals surface area contributed by atoms with Crippen molar-refractivity contribution in [3.8, 4) is 0 Å². The van der Waals surface area contributed by atoms with Gasteiger partial charge in [-0.15, -0.1) is 0 Å². The van der Waals surface area contributed by atoms with Gasteiger partial charge in [-0.05, 0) is 11.6 Å². The van der Waals surface area contributed by atoms with Gasteiger partial charge in [-0.25, -0.2) is 4.68 Å². The van der Waals surface area contributed by atoms with Crippen LogP contribution in [0.3, 0.4) is 0 Å². The monoisotopic (exact) mass is 356 g/mol. The lowest BCUT2D eigenvalue weighted by molar-refractivity contribution is -0.115. The lowest BCUT2D eigenvalue weighted by Gasteiger charge is -2.11. The molecule has 2 rings (SSSR count). The van der Waals surface area contributed by atoms with Gasteiger partial charge in [0.25, 0.3) is 0 Å². The number of nitrogens with zero attached hydrogens (tertiary/aromatic N) is 2. The van der Waals surface area contributed by atoms with E-state index < -0.39 is 0 Å². The SMILES string of the molecule is COCCNCC(=O)Nc1ccnn1Cc1cccc(Cl)c1Cl. The summed E-state index contributed by atoms with van der Waals surface area (Å²) in [6.07, 6.45) is 1.62. The van der Waals surface area contributed by atoms with E-state index in [1.807, 2.05) is 12.1 Å². The summed E-state index contributed by atoms with van der Waals surface area (Å²) in [6.45, 7) is 1.78. The number of rotatable bonds is 8. The summed E-state index contributed by atoms with van der Waals surface area (Å²) in [6, 6.07) is 7.15. The number of aromatic nitrogens is 2. The topological polar surface area (TPSA) is 68.2 Å². The van der Waals surface area contributed by atoms with Crippen molar-refractivity contribution in [3.05, 3.63) is 46.1 Å². The molecular weight excluding hydrogens is 339 g/mol. The number of amides is 1. The molecule has 2 N–H and O–H groups in total. The molecule has 8 heteroatoms. The fourth-order valence-electron chi connectivity index (χ4n) is 1.96. The van der Waals surface area contributed by atoms with Crippen molar-refractivity contribution >= 4 is 34.9 Å². The first-order valence-electron chi connectivity index (χ1n) is 7.06. The lowest BCUT2D eigenvalue weighted by atomic mass is 10.2. The Morgan fingerprint density at radius 2 is 2.17 bits per heavy atom. The maximum Gasteiger partial charge on any atom is 0.239 e. The van der Waals surface area contributed by atoms with Gasteiger partial charge in [0.15, 0.2) is 0 Å². The zero-order chi connectivity index (χ0) is 16.7. The maximum atomic E-state index is 11.9. The highest BCUT2D eigenvalue weighted by molar-refractivity contribution is 6.42. The zero-order valence-electron chi connectivity index (χ0n) is 12.7. The molecule has 0 aliphatic carbocycles. The van der Waals surface area contributed by atoms with Crippen LogP contribution in [0.4, 0.5) is 5.82 Å². The summed E-state index contributed by atoms with van der Waals surface area (Å²) in [4.78, 5) is 11.9. The molecule has 0 fully saturated rings. The van der Waals surface area contributed by atoms with Gasteiger partial charge >= 0.3 is 0 Å². The number of carbonyl (C=O) groups is 1. The molecule has 0 bridgehead atoms. The van der Waals surface area contributed by atoms with Crippen LogP contribution in [-0.2, 0) is 16.1 Å². The van der Waals surface area contributed by atoms with E-state index in [0.717, 1.165) is 5.56 Å². The smallest absolute Gasteiger partial charge is 0.239 e. The second kappa shape index (κ2) is 8.88. The molecule has 1 amide bonds. The van der Waals surface area contributed by atoms with Crippen LogP contribution in [0, 0.1) is 0 Å². The predicted molar refractivity (Wildman–Crippen MR) is 91.2 cm³/mol. The minimum Gasteiger partial charge on any atom is -0.383 e. The third kappa shape index (κ3) is 5.21. The van der Waals surface area contributed by atoms with E-state index in [-0.39, 0.29) is 12.5 Å². The van der Waals surface area contributed by atoms with Crippen LogP contribution in [-0.4, -0.2) is 42.5 Å². The van der Waals surface area contributed by atoms with E-state index in [9.17, 15) is 4.79 Å². The Labute approximate surface area is 144 Å². The van der Waals surface area contributed by atoms with Crippen molar-refractivity contribution in [1.82, 2.24) is 15.1 Å². The van der Waals surface area contributed by atoms with Gasteiger partial charge in [0.05, 0.1) is 35.9 Å². The molecule has 0 aliphatic heterocycles. The van der Waals surface area contributed by atoms with Crippen LogP contribution in [0.2, 0.25) is 10.0 Å². The maximum absolute atomic E-state index is 11.9. The van der Waals surface area contributed by atoms with E-state index >= 15 is 0 Å². The third-order valence-electron chi connectivity index (χ3n) is 3.10. The number of halogens is 2. The molecule has 6 nitrogen and oxygen atoms in total. The molecule has 0 spiro atoms. The number of methoxy groups -OCH3 is 1. The number of nitrogens with one attached hydrogen (secondary N) is 2. The third-order valence-corrected chi connectivity index (χ3v) is 3.96. The standard InChI is InChI=1S/C15H18Cl2N4O2/c1-23-8-7-18-9-14(22)20-13-5-6-19-21(13)10-11-3-2-4-12(16)15(11)17/h2-6,18H,7-10H2,1H3,(H,20,22). The Bertz CT molecular complexity index is 661. The van der Waals surface area contributed by atoms with Gasteiger partial charge in [-0.1, -0.05) is 35.3 Å². The molecule has 23 heavy (non-hydrogen) atoms. The van der Waals surface area contributed by atoms with E-state index in [1.165, 1.54) is 0 Å². The molecular formula is C15H18Cl2N4O2. The van der Waals surface area contributed by atoms with Crippen LogP contribution in [0.1, 0.15) is 5.56 Å². The van der Waals surface area contributed by atoms with Gasteiger partial charge in [0.2, 0.25) is 5.91 Å². The highest BCUT2D eigenvalue weighted by atomic mass is 35.5. The van der Waals surface area contributed by atoms with E-state index in [1.54, 1.807) is 30.1 Å². The second-order valence-electron chi connectivity index (χ2n) is 4.80. The van der Waals surface area contributed by atoms with Crippen molar-refractivity contribution in [3.63, 3.8) is 0 Å². The number of hydrogen-bond acceptors (Lipinski definition) is 4. The van der Waals surface area contributed by atoms with Crippen molar-refractivity contribution in [2.75, 3.05) is 32.1 Å². The number of anilines is 1. The largest absolute Gasteiger partial charge is 0.383 e. The molecule has 2 aromatic rings. The van der Waals surface area contributed by atoms with Crippen LogP contribution < -0.4 is 10.6 Å². The van der Waals surface area contributed by atoms with Crippen LogP contribution >= 0.6 is 23.2 Å². The summed E-state index contributed by atoms with van der Waals surface area (Å²) < 4.78 is 6.56. The summed E-state index contributed by atoms with van der Waals surface area (Å²) >= 11 is 12.2. The second-order valence-corrected chi connectivity index (χ2v) is 5.59. The van der Waals surface area contributed by atoms with E-state index in [2.05, 4.69) is 15.7 Å². The molecule has 0 unspecified atom stereocenters. The molecule has 0 saturated carbocycles. The fourth-order valence-corrected chi connectivity index (χ4v) is 2.34. The van der Waals surface area contributed by atoms with Gasteiger partial charge in [-0.3, -0.25) is 4.79 Å². The van der Waals surface area contributed by atoms with Crippen LogP contribution in [0.15, 0.2) is 30.5 Å². The number of benzene rings is 1. The zero-order valence-corrected chi connectivity index (χ0v) is 14.2. The van der Waals surface area contributed by atoms with Crippen molar-refractivity contribution in [2.24, 2.45) is 0 Å². The molecule has 124 valence electrons. The average molecular weight is 357 g/mol. The van der Waals surface area contributed by atoms with Crippen molar-refractivity contribution in [1.29, 1.82) is 0 Å². The van der Waals surface area contributed by atoms with Crippen molar-refractivity contribution < 1.29 is 9.53 Å². The molecule has 0 saturated heterocycles. The first-order chi connectivity index (χ1) is 11.1. The Hall–Kier alpha value is -1.60. The van der Waals surface area contributed by atoms with Crippen LogP contribution in [0.25, 0.3) is 0 Å². The molecule has 1 aromatic heterocycles. The van der Waals surface area contributed by atoms with E-state index in [4.69, 9.17) is 27.9 Å². The summed E-state index contributed by atoms with van der Waals surface area (Å²) in [5.41, 5.74) is 0.830. The lowest BCUT2D eigenvalue weighted by Crippen LogP contribution is -2.31. The van der Waals surface area contributed by atoms with E-state index in [0.29, 0.717) is 35.6 Å². The van der Waals surface area contributed by atoms with Gasteiger partial charge in [0.1, 0.15) is 5.82 Å². The van der Waals surface area contributed by atoms with Gasteiger partial charge in [-0.2, -0.15) is 5.10 Å². The number of ether oxygens (including phenoxy) is 1. The minimum atomic E-state index is -0.153. The molecule has 1 aromatic carbocycles. The highest BCUT2D eigenvalue weighted by Crippen LogP contribution is 2.26. The Balaban J connectivity index is 1.97. The Morgan fingerprint density at radius 1 is 1.35 bits per heavy atom. The van der Waals surface area contributed by atoms with Gasteiger partial charge < -0.3 is 15.4 Å². The summed E-state index contributed by atoms with van der Waals surface area (Å²) in [7, 11) is 1.61. The summed E-state index contributed by atoms with van der Waals surface area (Å²) in [5, 5.41) is 11.0. The highest BCUT2D eigenvalue weighted by Gasteiger charge is 2.10. The minimum absolute atomic E-state index is 0.153. The van der Waals surface area contributed by atoms with Crippen molar-refractivity contribution in [2.45, 2.75) is 6.54 Å². The fraction of sp³-hybridized carbons (Fsp3) is 0.333. The molecule has 0 radical (unpaired) electrons. The molecule has 0 atom stereocenters. The number of hydrogen-bond donors (Lipinski definition) is 2. The Kier molecular flexibility index (Phi) is 6.85. The Morgan fingerprint density at radius 3 is 2.96 bits per heavy atom. The quantitative estimate of drug-likeness (QED) is 0.712. The predicted octanol–water partition coefficient (Wildman–Crippen LogP) is 2.41. The molecule has 0 aliphatic rings. The molecule has 1 heterocycles. The van der Waals surface area contributed by atoms with Crippen LogP contribution in [0.5, 0.6) is 0 Å². The first kappa shape index (κ1) is 17.7. The number of carbonyl (C=O) groups excluding carboxylic acids is 1. The summed E-state index contributed by atoms with van der Waals surface area (Å²) in [5.74, 6) is 0.444. The first-order valence-corrected chi connectivity index (χ1v) is 7.81. The average Bonchev–Trinajstić information content (AvgIpc) is 2.95.